The second kappa shape index (κ2) is 6.64. The van der Waals surface area contributed by atoms with E-state index in [0.29, 0.717) is 0 Å². The minimum Gasteiger partial charge on any atom is -0.357 e. The highest BCUT2D eigenvalue weighted by Gasteiger charge is 2.39. The standard InChI is InChI=1S/C19H19N5S/c1-23-11-7-15(13-23)18-17(16-4-2-3-8-21-16)22-19(25)24(18)12-14-5-9-20-10-6-14/h2-11,13,17-18H,12H2,1H3,(H,22,25). The average Bonchev–Trinajstić information content (AvgIpc) is 3.20. The molecule has 2 unspecified atom stereocenters. The van der Waals surface area contributed by atoms with Gasteiger partial charge >= 0.3 is 0 Å². The highest BCUT2D eigenvalue weighted by atomic mass is 32.1. The van der Waals surface area contributed by atoms with Crippen LogP contribution < -0.4 is 5.32 Å². The van der Waals surface area contributed by atoms with Crippen LogP contribution in [0.3, 0.4) is 0 Å². The van der Waals surface area contributed by atoms with E-state index in [0.717, 1.165) is 17.4 Å². The molecule has 1 saturated heterocycles. The monoisotopic (exact) mass is 349 g/mol. The Bertz CT molecular complexity index is 862. The van der Waals surface area contributed by atoms with E-state index in [1.54, 1.807) is 0 Å². The van der Waals surface area contributed by atoms with Gasteiger partial charge in [0.15, 0.2) is 5.11 Å². The Kier molecular flexibility index (Phi) is 4.19. The predicted octanol–water partition coefficient (Wildman–Crippen LogP) is 2.99. The Labute approximate surface area is 152 Å². The third-order valence-electron chi connectivity index (χ3n) is 4.50. The first-order valence-corrected chi connectivity index (χ1v) is 8.62. The van der Waals surface area contributed by atoms with Crippen molar-refractivity contribution in [3.63, 3.8) is 0 Å². The maximum Gasteiger partial charge on any atom is 0.170 e. The number of nitrogens with one attached hydrogen (secondary N) is 1. The summed E-state index contributed by atoms with van der Waals surface area (Å²) in [6.07, 6.45) is 9.67. The Morgan fingerprint density at radius 1 is 1.12 bits per heavy atom. The fourth-order valence-corrected chi connectivity index (χ4v) is 3.63. The van der Waals surface area contributed by atoms with Crippen molar-refractivity contribution >= 4 is 17.3 Å². The van der Waals surface area contributed by atoms with Gasteiger partial charge in [-0.15, -0.1) is 0 Å². The first-order valence-electron chi connectivity index (χ1n) is 8.21. The summed E-state index contributed by atoms with van der Waals surface area (Å²) in [6, 6.07) is 12.3. The normalized spacial score (nSPS) is 19.9. The zero-order chi connectivity index (χ0) is 17.2. The number of aryl methyl sites for hydroxylation is 1. The Hall–Kier alpha value is -2.73. The molecule has 6 heteroatoms. The molecule has 0 aromatic carbocycles. The second-order valence-corrected chi connectivity index (χ2v) is 6.61. The van der Waals surface area contributed by atoms with Gasteiger partial charge in [0.1, 0.15) is 0 Å². The van der Waals surface area contributed by atoms with Gasteiger partial charge in [-0.25, -0.2) is 0 Å². The molecule has 4 heterocycles. The van der Waals surface area contributed by atoms with E-state index >= 15 is 0 Å². The largest absolute Gasteiger partial charge is 0.357 e. The molecular weight excluding hydrogens is 330 g/mol. The van der Waals surface area contributed by atoms with Gasteiger partial charge in [0.05, 0.1) is 17.8 Å². The molecule has 25 heavy (non-hydrogen) atoms. The number of nitrogens with zero attached hydrogens (tertiary/aromatic N) is 4. The lowest BCUT2D eigenvalue weighted by Gasteiger charge is -2.27. The number of rotatable bonds is 4. The Balaban J connectivity index is 1.72. The summed E-state index contributed by atoms with van der Waals surface area (Å²) in [4.78, 5) is 10.9. The first-order chi connectivity index (χ1) is 12.2. The summed E-state index contributed by atoms with van der Waals surface area (Å²) in [5, 5.41) is 4.22. The van der Waals surface area contributed by atoms with Gasteiger partial charge < -0.3 is 14.8 Å². The van der Waals surface area contributed by atoms with E-state index in [9.17, 15) is 0 Å². The molecule has 5 nitrogen and oxygen atoms in total. The summed E-state index contributed by atoms with van der Waals surface area (Å²) >= 11 is 5.67. The molecule has 2 atom stereocenters. The van der Waals surface area contributed by atoms with Crippen LogP contribution >= 0.6 is 12.2 Å². The van der Waals surface area contributed by atoms with Crippen LogP contribution in [0.5, 0.6) is 0 Å². The van der Waals surface area contributed by atoms with Gasteiger partial charge in [0.25, 0.3) is 0 Å². The third kappa shape index (κ3) is 3.13. The van der Waals surface area contributed by atoms with E-state index in [4.69, 9.17) is 12.2 Å². The number of pyridine rings is 2. The van der Waals surface area contributed by atoms with Crippen LogP contribution in [0.25, 0.3) is 0 Å². The van der Waals surface area contributed by atoms with E-state index in [-0.39, 0.29) is 12.1 Å². The zero-order valence-corrected chi connectivity index (χ0v) is 14.7. The fourth-order valence-electron chi connectivity index (χ4n) is 3.32. The SMILES string of the molecule is Cn1ccc(C2C(c3ccccn3)NC(=S)N2Cc2ccncc2)c1. The van der Waals surface area contributed by atoms with Gasteiger partial charge in [-0.05, 0) is 53.7 Å². The molecule has 3 aromatic heterocycles. The highest BCUT2D eigenvalue weighted by Crippen LogP contribution is 2.39. The molecule has 4 rings (SSSR count). The van der Waals surface area contributed by atoms with Crippen LogP contribution in [-0.2, 0) is 13.6 Å². The Morgan fingerprint density at radius 2 is 1.96 bits per heavy atom. The molecule has 0 bridgehead atoms. The van der Waals surface area contributed by atoms with Crippen molar-refractivity contribution in [3.05, 3.63) is 84.2 Å². The quantitative estimate of drug-likeness (QED) is 0.734. The van der Waals surface area contributed by atoms with Crippen LogP contribution in [0.2, 0.25) is 0 Å². The zero-order valence-electron chi connectivity index (χ0n) is 13.9. The number of thiocarbonyl (C=S) groups is 1. The van der Waals surface area contributed by atoms with Crippen molar-refractivity contribution in [3.8, 4) is 0 Å². The van der Waals surface area contributed by atoms with Gasteiger partial charge in [-0.1, -0.05) is 6.07 Å². The third-order valence-corrected chi connectivity index (χ3v) is 4.85. The van der Waals surface area contributed by atoms with E-state index in [1.807, 2.05) is 56.0 Å². The summed E-state index contributed by atoms with van der Waals surface area (Å²) < 4.78 is 2.07. The predicted molar refractivity (Wildman–Crippen MR) is 101 cm³/mol. The van der Waals surface area contributed by atoms with Gasteiger partial charge in [0, 0.05) is 44.6 Å². The first kappa shape index (κ1) is 15.8. The van der Waals surface area contributed by atoms with Crippen molar-refractivity contribution in [1.82, 2.24) is 24.8 Å². The van der Waals surface area contributed by atoms with Gasteiger partial charge in [-0.2, -0.15) is 0 Å². The molecule has 1 N–H and O–H groups in total. The summed E-state index contributed by atoms with van der Waals surface area (Å²) in [7, 11) is 2.03. The Morgan fingerprint density at radius 3 is 2.64 bits per heavy atom. The van der Waals surface area contributed by atoms with Crippen molar-refractivity contribution in [2.24, 2.45) is 7.05 Å². The maximum atomic E-state index is 5.67. The van der Waals surface area contributed by atoms with E-state index in [1.165, 1.54) is 11.1 Å². The molecule has 1 aliphatic rings. The number of hydrogen-bond donors (Lipinski definition) is 1. The highest BCUT2D eigenvalue weighted by molar-refractivity contribution is 7.80. The van der Waals surface area contributed by atoms with Crippen molar-refractivity contribution in [1.29, 1.82) is 0 Å². The molecule has 0 aliphatic carbocycles. The molecule has 0 radical (unpaired) electrons. The molecule has 3 aromatic rings. The van der Waals surface area contributed by atoms with Crippen molar-refractivity contribution in [2.45, 2.75) is 18.6 Å². The minimum absolute atomic E-state index is 0.0259. The molecule has 1 aliphatic heterocycles. The smallest absolute Gasteiger partial charge is 0.170 e. The van der Waals surface area contributed by atoms with Crippen LogP contribution in [0.4, 0.5) is 0 Å². The van der Waals surface area contributed by atoms with Crippen molar-refractivity contribution < 1.29 is 0 Å². The average molecular weight is 349 g/mol. The fraction of sp³-hybridized carbons (Fsp3) is 0.211. The lowest BCUT2D eigenvalue weighted by atomic mass is 9.99. The lowest BCUT2D eigenvalue weighted by Crippen LogP contribution is -2.29. The van der Waals surface area contributed by atoms with Crippen LogP contribution in [0, 0.1) is 0 Å². The molecule has 0 amide bonds. The van der Waals surface area contributed by atoms with Gasteiger partial charge in [0.2, 0.25) is 0 Å². The van der Waals surface area contributed by atoms with Crippen LogP contribution in [0.1, 0.15) is 28.9 Å². The molecule has 1 fully saturated rings. The lowest BCUT2D eigenvalue weighted by molar-refractivity contribution is 0.311. The van der Waals surface area contributed by atoms with Crippen LogP contribution in [0.15, 0.2) is 67.4 Å². The number of hydrogen-bond acceptors (Lipinski definition) is 3. The van der Waals surface area contributed by atoms with E-state index < -0.39 is 0 Å². The second-order valence-electron chi connectivity index (χ2n) is 6.22. The molecular formula is C19H19N5S. The van der Waals surface area contributed by atoms with Gasteiger partial charge in [-0.3, -0.25) is 9.97 Å². The molecule has 126 valence electrons. The molecule has 0 saturated carbocycles. The van der Waals surface area contributed by atoms with Crippen molar-refractivity contribution in [2.75, 3.05) is 0 Å². The number of aromatic nitrogens is 3. The maximum absolute atomic E-state index is 5.67. The van der Waals surface area contributed by atoms with Crippen LogP contribution in [-0.4, -0.2) is 24.5 Å². The molecule has 0 spiro atoms. The summed E-state index contributed by atoms with van der Waals surface area (Å²) in [5.74, 6) is 0. The minimum atomic E-state index is 0.0259. The summed E-state index contributed by atoms with van der Waals surface area (Å²) in [6.45, 7) is 0.733. The van der Waals surface area contributed by atoms with E-state index in [2.05, 4.69) is 43.2 Å². The summed E-state index contributed by atoms with van der Waals surface area (Å²) in [5.41, 5.74) is 3.40. The topological polar surface area (TPSA) is 46.0 Å².